The van der Waals surface area contributed by atoms with Gasteiger partial charge in [-0.25, -0.2) is 0 Å². The molecule has 0 spiro atoms. The van der Waals surface area contributed by atoms with Gasteiger partial charge in [0.05, 0.1) is 0 Å². The van der Waals surface area contributed by atoms with E-state index in [0.717, 1.165) is 25.0 Å². The van der Waals surface area contributed by atoms with E-state index < -0.39 is 5.60 Å². The van der Waals surface area contributed by atoms with Gasteiger partial charge in [-0.05, 0) is 59.3 Å². The zero-order chi connectivity index (χ0) is 17.7. The maximum atomic E-state index is 11.4. The third kappa shape index (κ3) is 4.56. The van der Waals surface area contributed by atoms with Crippen LogP contribution in [0.1, 0.15) is 11.1 Å². The zero-order valence-electron chi connectivity index (χ0n) is 13.1. The summed E-state index contributed by atoms with van der Waals surface area (Å²) in [6.07, 6.45) is 0. The van der Waals surface area contributed by atoms with Gasteiger partial charge in [0, 0.05) is 25.0 Å². The lowest BCUT2D eigenvalue weighted by Crippen LogP contribution is -2.25. The molecule has 3 aromatic carbocycles. The Kier molecular flexibility index (Phi) is 6.03. The first-order valence-corrected chi connectivity index (χ1v) is 9.97. The second kappa shape index (κ2) is 8.25. The topological polar surface area (TPSA) is 20.2 Å². The van der Waals surface area contributed by atoms with Gasteiger partial charge >= 0.3 is 0 Å². The normalized spacial score (nSPS) is 10.8. The van der Waals surface area contributed by atoms with Crippen molar-refractivity contribution >= 4 is 43.6 Å². The van der Waals surface area contributed by atoms with Crippen LogP contribution < -0.4 is 0 Å². The van der Waals surface area contributed by atoms with Crippen LogP contribution in [0.3, 0.4) is 0 Å². The van der Waals surface area contributed by atoms with Crippen LogP contribution in [0.15, 0.2) is 92.7 Å². The molecule has 0 atom stereocenters. The third-order valence-electron chi connectivity index (χ3n) is 3.67. The van der Waals surface area contributed by atoms with E-state index in [1.54, 1.807) is 0 Å². The molecule has 3 aromatic rings. The number of benzene rings is 3. The first-order chi connectivity index (χ1) is 12.1. The van der Waals surface area contributed by atoms with Crippen LogP contribution in [0.4, 0.5) is 0 Å². The van der Waals surface area contributed by atoms with Crippen LogP contribution in [0.25, 0.3) is 0 Å². The largest absolute Gasteiger partial charge is 0.369 e. The van der Waals surface area contributed by atoms with Crippen LogP contribution in [-0.4, -0.2) is 5.11 Å². The lowest BCUT2D eigenvalue weighted by atomic mass is 9.87. The molecule has 0 heterocycles. The Hall–Kier alpha value is -1.51. The van der Waals surface area contributed by atoms with Crippen LogP contribution >= 0.6 is 43.6 Å². The van der Waals surface area contributed by atoms with Crippen molar-refractivity contribution in [3.8, 4) is 11.2 Å². The van der Waals surface area contributed by atoms with E-state index in [2.05, 4.69) is 43.0 Å². The minimum Gasteiger partial charge on any atom is -0.369 e. The highest BCUT2D eigenvalue weighted by Gasteiger charge is 2.29. The maximum Gasteiger partial charge on any atom is 0.177 e. The van der Waals surface area contributed by atoms with Crippen molar-refractivity contribution in [3.05, 3.63) is 98.9 Å². The van der Waals surface area contributed by atoms with E-state index >= 15 is 0 Å². The van der Waals surface area contributed by atoms with Crippen molar-refractivity contribution in [2.45, 2.75) is 10.5 Å². The number of rotatable bonds is 3. The molecule has 1 nitrogen and oxygen atoms in total. The van der Waals surface area contributed by atoms with E-state index in [4.69, 9.17) is 0 Å². The third-order valence-corrected chi connectivity index (χ3v) is 5.44. The lowest BCUT2D eigenvalue weighted by molar-refractivity contribution is 0.145. The molecule has 0 amide bonds. The number of aliphatic hydroxyl groups is 1. The van der Waals surface area contributed by atoms with Gasteiger partial charge < -0.3 is 5.11 Å². The van der Waals surface area contributed by atoms with Gasteiger partial charge in [0.25, 0.3) is 0 Å². The first-order valence-electron chi connectivity index (χ1n) is 7.56. The first kappa shape index (κ1) is 18.3. The summed E-state index contributed by atoms with van der Waals surface area (Å²) in [6.45, 7) is 0. The van der Waals surface area contributed by atoms with E-state index in [0.29, 0.717) is 0 Å². The Morgan fingerprint density at radius 1 is 0.720 bits per heavy atom. The maximum absolute atomic E-state index is 11.4. The highest BCUT2D eigenvalue weighted by atomic mass is 79.9. The second-order valence-electron chi connectivity index (χ2n) is 5.37. The van der Waals surface area contributed by atoms with E-state index in [1.165, 1.54) is 11.8 Å². The van der Waals surface area contributed by atoms with Crippen LogP contribution in [-0.2, 0) is 5.60 Å². The highest BCUT2D eigenvalue weighted by Crippen LogP contribution is 2.31. The standard InChI is InChI=1S/C21H14Br2OS/c22-18-10-6-16(7-11-18)21(24,17-8-12-19(23)13-9-17)14-15-25-20-4-2-1-3-5-20/h1-13,24H. The second-order valence-corrected chi connectivity index (χ2v) is 8.08. The van der Waals surface area contributed by atoms with Crippen molar-refractivity contribution in [1.29, 1.82) is 0 Å². The minimum absolute atomic E-state index is 0.735. The fourth-order valence-corrected chi connectivity index (χ4v) is 3.48. The Morgan fingerprint density at radius 2 is 1.20 bits per heavy atom. The molecule has 0 radical (unpaired) electrons. The summed E-state index contributed by atoms with van der Waals surface area (Å²) in [5.41, 5.74) is 0.0989. The molecule has 0 aliphatic rings. The molecule has 0 saturated heterocycles. The number of hydrogen-bond donors (Lipinski definition) is 1. The quantitative estimate of drug-likeness (QED) is 0.361. The van der Waals surface area contributed by atoms with Crippen molar-refractivity contribution in [2.24, 2.45) is 0 Å². The molecule has 1 N–H and O–H groups in total. The van der Waals surface area contributed by atoms with Crippen molar-refractivity contribution in [3.63, 3.8) is 0 Å². The van der Waals surface area contributed by atoms with E-state index in [9.17, 15) is 5.11 Å². The van der Waals surface area contributed by atoms with Crippen molar-refractivity contribution in [2.75, 3.05) is 0 Å². The molecule has 3 rings (SSSR count). The smallest absolute Gasteiger partial charge is 0.177 e. The molecule has 25 heavy (non-hydrogen) atoms. The summed E-state index contributed by atoms with van der Waals surface area (Å²) in [5, 5.41) is 14.5. The Bertz CT molecular complexity index is 849. The molecule has 0 saturated carbocycles. The van der Waals surface area contributed by atoms with Crippen LogP contribution in [0.2, 0.25) is 0 Å². The molecule has 0 fully saturated rings. The van der Waals surface area contributed by atoms with Gasteiger partial charge in [-0.3, -0.25) is 0 Å². The Labute approximate surface area is 168 Å². The fourth-order valence-electron chi connectivity index (χ4n) is 2.34. The van der Waals surface area contributed by atoms with E-state index in [-0.39, 0.29) is 0 Å². The van der Waals surface area contributed by atoms with Gasteiger partial charge in [0.2, 0.25) is 0 Å². The predicted octanol–water partition coefficient (Wildman–Crippen LogP) is 6.20. The Morgan fingerprint density at radius 3 is 1.68 bits per heavy atom. The summed E-state index contributed by atoms with van der Waals surface area (Å²) < 4.78 is 1.92. The Balaban J connectivity index is 2.00. The zero-order valence-corrected chi connectivity index (χ0v) is 17.1. The van der Waals surface area contributed by atoms with Crippen LogP contribution in [0, 0.1) is 11.2 Å². The summed E-state index contributed by atoms with van der Waals surface area (Å²) >= 11 is 8.27. The van der Waals surface area contributed by atoms with Gasteiger partial charge in [0.15, 0.2) is 5.60 Å². The predicted molar refractivity (Wildman–Crippen MR) is 111 cm³/mol. The highest BCUT2D eigenvalue weighted by molar-refractivity contribution is 9.10. The molecule has 124 valence electrons. The molecule has 4 heteroatoms. The van der Waals surface area contributed by atoms with E-state index in [1.807, 2.05) is 78.9 Å². The van der Waals surface area contributed by atoms with Gasteiger partial charge in [-0.1, -0.05) is 74.3 Å². The summed E-state index contributed by atoms with van der Waals surface area (Å²) in [5.74, 6) is 3.05. The number of hydrogen-bond acceptors (Lipinski definition) is 2. The van der Waals surface area contributed by atoms with Crippen molar-refractivity contribution < 1.29 is 5.11 Å². The average Bonchev–Trinajstić information content (AvgIpc) is 2.63. The summed E-state index contributed by atoms with van der Waals surface area (Å²) in [7, 11) is 0. The lowest BCUT2D eigenvalue weighted by Gasteiger charge is -2.23. The monoisotopic (exact) mass is 472 g/mol. The molecular weight excluding hydrogens is 460 g/mol. The summed E-state index contributed by atoms with van der Waals surface area (Å²) in [4.78, 5) is 1.05. The molecule has 0 bridgehead atoms. The molecule has 0 aromatic heterocycles. The molecular formula is C21H14Br2OS. The van der Waals surface area contributed by atoms with Crippen LogP contribution in [0.5, 0.6) is 0 Å². The minimum atomic E-state index is -1.37. The summed E-state index contributed by atoms with van der Waals surface area (Å²) in [6, 6.07) is 25.1. The molecule has 0 unspecified atom stereocenters. The molecule has 0 aliphatic heterocycles. The van der Waals surface area contributed by atoms with Gasteiger partial charge in [0.1, 0.15) is 0 Å². The number of halogens is 2. The fraction of sp³-hybridized carbons (Fsp3) is 0.0476. The SMILES string of the molecule is OC(C#CSc1ccccc1)(c1ccc(Br)cc1)c1ccc(Br)cc1. The molecule has 0 aliphatic carbocycles. The van der Waals surface area contributed by atoms with Gasteiger partial charge in [-0.15, -0.1) is 0 Å². The average molecular weight is 474 g/mol. The van der Waals surface area contributed by atoms with Crippen molar-refractivity contribution in [1.82, 2.24) is 0 Å². The van der Waals surface area contributed by atoms with Gasteiger partial charge in [-0.2, -0.15) is 0 Å². The number of thioether (sulfide) groups is 1.